The Morgan fingerprint density at radius 1 is 1.13 bits per heavy atom. The van der Waals surface area contributed by atoms with Gasteiger partial charge in [-0.25, -0.2) is 4.98 Å². The highest BCUT2D eigenvalue weighted by Gasteiger charge is 2.40. The Kier molecular flexibility index (Phi) is 5.42. The molecule has 0 unspecified atom stereocenters. The summed E-state index contributed by atoms with van der Waals surface area (Å²) in [6.45, 7) is 2.75. The summed E-state index contributed by atoms with van der Waals surface area (Å²) in [6.07, 6.45) is 2.15. The molecule has 1 fully saturated rings. The van der Waals surface area contributed by atoms with E-state index < -0.39 is 5.60 Å². The SMILES string of the molecule is COc1ccc(Nc2ncccc2C(=O)N2CC[C@@](O)(c3ccc(C)cc3)C2)cc1. The first kappa shape index (κ1) is 19.9. The maximum absolute atomic E-state index is 13.2. The lowest BCUT2D eigenvalue weighted by atomic mass is 9.92. The minimum absolute atomic E-state index is 0.151. The number of amides is 1. The molecule has 2 N–H and O–H groups in total. The Bertz CT molecular complexity index is 1030. The van der Waals surface area contributed by atoms with Crippen LogP contribution in [0.3, 0.4) is 0 Å². The molecule has 1 aliphatic heterocycles. The van der Waals surface area contributed by atoms with Gasteiger partial charge in [0.1, 0.15) is 17.2 Å². The molecule has 6 heteroatoms. The highest BCUT2D eigenvalue weighted by Crippen LogP contribution is 2.33. The number of nitrogens with zero attached hydrogens (tertiary/aromatic N) is 2. The fourth-order valence-corrected chi connectivity index (χ4v) is 3.73. The Morgan fingerprint density at radius 3 is 2.57 bits per heavy atom. The molecule has 1 amide bonds. The predicted octanol–water partition coefficient (Wildman–Crippen LogP) is 3.88. The number of aromatic nitrogens is 1. The van der Waals surface area contributed by atoms with Crippen LogP contribution in [-0.2, 0) is 5.60 Å². The summed E-state index contributed by atoms with van der Waals surface area (Å²) in [6, 6.07) is 18.8. The van der Waals surface area contributed by atoms with Gasteiger partial charge in [0.15, 0.2) is 0 Å². The van der Waals surface area contributed by atoms with Gasteiger partial charge in [-0.3, -0.25) is 4.79 Å². The van der Waals surface area contributed by atoms with Gasteiger partial charge in [0, 0.05) is 18.4 Å². The number of aliphatic hydroxyl groups is 1. The number of hydrogen-bond donors (Lipinski definition) is 2. The van der Waals surface area contributed by atoms with Crippen LogP contribution in [0.2, 0.25) is 0 Å². The van der Waals surface area contributed by atoms with Crippen LogP contribution in [0.25, 0.3) is 0 Å². The van der Waals surface area contributed by atoms with E-state index in [1.54, 1.807) is 30.3 Å². The second-order valence-corrected chi connectivity index (χ2v) is 7.63. The van der Waals surface area contributed by atoms with Crippen molar-refractivity contribution in [2.45, 2.75) is 18.9 Å². The summed E-state index contributed by atoms with van der Waals surface area (Å²) in [5.41, 5.74) is 2.22. The molecule has 1 saturated heterocycles. The fraction of sp³-hybridized carbons (Fsp3) is 0.250. The molecule has 0 spiro atoms. The van der Waals surface area contributed by atoms with Crippen molar-refractivity contribution < 1.29 is 14.6 Å². The van der Waals surface area contributed by atoms with E-state index in [1.165, 1.54) is 0 Å². The first-order chi connectivity index (χ1) is 14.5. The molecule has 1 aliphatic rings. The summed E-state index contributed by atoms with van der Waals surface area (Å²) >= 11 is 0. The van der Waals surface area contributed by atoms with Crippen molar-refractivity contribution in [2.24, 2.45) is 0 Å². The molecule has 0 saturated carbocycles. The van der Waals surface area contributed by atoms with Crippen molar-refractivity contribution in [1.82, 2.24) is 9.88 Å². The first-order valence-electron chi connectivity index (χ1n) is 9.93. The second-order valence-electron chi connectivity index (χ2n) is 7.63. The molecule has 2 heterocycles. The smallest absolute Gasteiger partial charge is 0.257 e. The van der Waals surface area contributed by atoms with Crippen molar-refractivity contribution in [3.8, 4) is 5.75 Å². The average molecular weight is 403 g/mol. The lowest BCUT2D eigenvalue weighted by molar-refractivity contribution is 0.0417. The van der Waals surface area contributed by atoms with E-state index in [1.807, 2.05) is 55.5 Å². The lowest BCUT2D eigenvalue weighted by Gasteiger charge is -2.24. The van der Waals surface area contributed by atoms with Crippen molar-refractivity contribution in [2.75, 3.05) is 25.5 Å². The number of anilines is 2. The van der Waals surface area contributed by atoms with Crippen LogP contribution in [0.1, 0.15) is 27.9 Å². The quantitative estimate of drug-likeness (QED) is 0.676. The number of likely N-dealkylation sites (tertiary alicyclic amines) is 1. The normalized spacial score (nSPS) is 18.3. The number of benzene rings is 2. The van der Waals surface area contributed by atoms with Gasteiger partial charge in [0.2, 0.25) is 0 Å². The van der Waals surface area contributed by atoms with Gasteiger partial charge in [0.25, 0.3) is 5.91 Å². The zero-order chi connectivity index (χ0) is 21.1. The molecule has 0 bridgehead atoms. The van der Waals surface area contributed by atoms with Gasteiger partial charge in [-0.15, -0.1) is 0 Å². The van der Waals surface area contributed by atoms with Crippen LogP contribution in [0, 0.1) is 6.92 Å². The molecule has 1 atom stereocenters. The van der Waals surface area contributed by atoms with Crippen LogP contribution in [0.5, 0.6) is 5.75 Å². The predicted molar refractivity (Wildman–Crippen MR) is 116 cm³/mol. The van der Waals surface area contributed by atoms with Gasteiger partial charge in [0.05, 0.1) is 19.2 Å². The Balaban J connectivity index is 1.53. The molecule has 30 heavy (non-hydrogen) atoms. The van der Waals surface area contributed by atoms with Crippen LogP contribution in [0.15, 0.2) is 66.9 Å². The number of pyridine rings is 1. The average Bonchev–Trinajstić information content (AvgIpc) is 3.18. The van der Waals surface area contributed by atoms with Gasteiger partial charge >= 0.3 is 0 Å². The first-order valence-corrected chi connectivity index (χ1v) is 9.93. The van der Waals surface area contributed by atoms with Gasteiger partial charge in [-0.05, 0) is 55.3 Å². The van der Waals surface area contributed by atoms with E-state index >= 15 is 0 Å². The van der Waals surface area contributed by atoms with Crippen LogP contribution >= 0.6 is 0 Å². The summed E-state index contributed by atoms with van der Waals surface area (Å²) < 4.78 is 5.18. The van der Waals surface area contributed by atoms with Gasteiger partial charge in [-0.2, -0.15) is 0 Å². The van der Waals surface area contributed by atoms with Crippen molar-refractivity contribution in [3.63, 3.8) is 0 Å². The Hall–Kier alpha value is -3.38. The molecule has 2 aromatic carbocycles. The zero-order valence-electron chi connectivity index (χ0n) is 17.1. The summed E-state index contributed by atoms with van der Waals surface area (Å²) in [5.74, 6) is 1.09. The number of nitrogens with one attached hydrogen (secondary N) is 1. The van der Waals surface area contributed by atoms with Gasteiger partial charge < -0.3 is 20.1 Å². The number of carbonyl (C=O) groups excluding carboxylic acids is 1. The molecule has 0 radical (unpaired) electrons. The third-order valence-electron chi connectivity index (χ3n) is 5.51. The minimum Gasteiger partial charge on any atom is -0.497 e. The highest BCUT2D eigenvalue weighted by molar-refractivity contribution is 5.99. The minimum atomic E-state index is -1.03. The van der Waals surface area contributed by atoms with Crippen LogP contribution in [-0.4, -0.2) is 41.1 Å². The van der Waals surface area contributed by atoms with E-state index in [-0.39, 0.29) is 12.5 Å². The fourth-order valence-electron chi connectivity index (χ4n) is 3.73. The number of ether oxygens (including phenoxy) is 1. The van der Waals surface area contributed by atoms with E-state index in [9.17, 15) is 9.90 Å². The second kappa shape index (κ2) is 8.16. The standard InChI is InChI=1S/C24H25N3O3/c1-17-5-7-18(8-6-17)24(29)13-15-27(16-24)23(28)21-4-3-14-25-22(21)26-19-9-11-20(30-2)12-10-19/h3-12,14,29H,13,15-16H2,1-2H3,(H,25,26)/t24-/m0/s1. The molecule has 1 aromatic heterocycles. The summed E-state index contributed by atoms with van der Waals surface area (Å²) in [7, 11) is 1.62. The number of rotatable bonds is 5. The number of carbonyl (C=O) groups is 1. The maximum Gasteiger partial charge on any atom is 0.257 e. The molecule has 6 nitrogen and oxygen atoms in total. The third-order valence-corrected chi connectivity index (χ3v) is 5.51. The Morgan fingerprint density at radius 2 is 1.87 bits per heavy atom. The van der Waals surface area contributed by atoms with E-state index in [0.29, 0.717) is 24.3 Å². The molecular formula is C24H25N3O3. The number of aryl methyl sites for hydroxylation is 1. The zero-order valence-corrected chi connectivity index (χ0v) is 17.1. The molecule has 3 aromatic rings. The number of hydrogen-bond acceptors (Lipinski definition) is 5. The largest absolute Gasteiger partial charge is 0.497 e. The maximum atomic E-state index is 13.2. The van der Waals surface area contributed by atoms with Crippen LogP contribution in [0.4, 0.5) is 11.5 Å². The number of β-amino-alcohol motifs (C(OH)–C–C–N with tert-alkyl or cyclic N) is 1. The van der Waals surface area contributed by atoms with Crippen molar-refractivity contribution in [1.29, 1.82) is 0 Å². The molecule has 4 rings (SSSR count). The van der Waals surface area contributed by atoms with E-state index in [4.69, 9.17) is 4.74 Å². The number of methoxy groups -OCH3 is 1. The molecular weight excluding hydrogens is 378 g/mol. The van der Waals surface area contributed by atoms with E-state index in [0.717, 1.165) is 22.6 Å². The van der Waals surface area contributed by atoms with Crippen molar-refractivity contribution in [3.05, 3.63) is 83.6 Å². The molecule has 0 aliphatic carbocycles. The third kappa shape index (κ3) is 4.00. The van der Waals surface area contributed by atoms with Gasteiger partial charge in [-0.1, -0.05) is 29.8 Å². The Labute approximate surface area is 176 Å². The monoisotopic (exact) mass is 403 g/mol. The summed E-state index contributed by atoms with van der Waals surface area (Å²) in [4.78, 5) is 19.3. The van der Waals surface area contributed by atoms with Crippen LogP contribution < -0.4 is 10.1 Å². The van der Waals surface area contributed by atoms with Crippen molar-refractivity contribution >= 4 is 17.4 Å². The van der Waals surface area contributed by atoms with E-state index in [2.05, 4.69) is 10.3 Å². The lowest BCUT2D eigenvalue weighted by Crippen LogP contribution is -2.34. The molecule has 154 valence electrons. The summed E-state index contributed by atoms with van der Waals surface area (Å²) in [5, 5.41) is 14.3. The highest BCUT2D eigenvalue weighted by atomic mass is 16.5. The topological polar surface area (TPSA) is 74.7 Å².